The third-order valence-corrected chi connectivity index (χ3v) is 4.04. The van der Waals surface area contributed by atoms with Gasteiger partial charge >= 0.3 is 5.69 Å². The predicted molar refractivity (Wildman–Crippen MR) is 101 cm³/mol. The van der Waals surface area contributed by atoms with Crippen LogP contribution in [0.5, 0.6) is 34.6 Å². The molecule has 1 aromatic heterocycles. The van der Waals surface area contributed by atoms with Crippen LogP contribution in [0.15, 0.2) is 36.4 Å². The zero-order chi connectivity index (χ0) is 20.3. The molecule has 9 heteroatoms. The van der Waals surface area contributed by atoms with Gasteiger partial charge in [0.2, 0.25) is 11.6 Å². The van der Waals surface area contributed by atoms with Crippen LogP contribution in [0.3, 0.4) is 0 Å². The lowest BCUT2D eigenvalue weighted by molar-refractivity contribution is -0.383. The minimum absolute atomic E-state index is 0.146. The van der Waals surface area contributed by atoms with Gasteiger partial charge < -0.3 is 23.7 Å². The number of hydrogen-bond donors (Lipinski definition) is 0. The summed E-state index contributed by atoms with van der Waals surface area (Å²) in [6, 6.07) is 9.49. The summed E-state index contributed by atoms with van der Waals surface area (Å²) in [5.74, 6) is 2.12. The van der Waals surface area contributed by atoms with Crippen LogP contribution in [-0.4, -0.2) is 38.3 Å². The number of rotatable bonds is 7. The normalized spacial score (nSPS) is 10.4. The number of ether oxygens (including phenoxy) is 5. The number of pyridine rings is 1. The van der Waals surface area contributed by atoms with Gasteiger partial charge in [-0.15, -0.1) is 0 Å². The largest absolute Gasteiger partial charge is 0.493 e. The number of aromatic nitrogens is 1. The average Bonchev–Trinajstić information content (AvgIpc) is 2.71. The van der Waals surface area contributed by atoms with Gasteiger partial charge in [0.15, 0.2) is 17.2 Å². The van der Waals surface area contributed by atoms with Crippen molar-refractivity contribution in [1.82, 2.24) is 4.98 Å². The first-order chi connectivity index (χ1) is 13.5. The van der Waals surface area contributed by atoms with Crippen LogP contribution in [-0.2, 0) is 0 Å². The third-order valence-electron chi connectivity index (χ3n) is 4.04. The molecule has 0 unspecified atom stereocenters. The van der Waals surface area contributed by atoms with E-state index in [0.29, 0.717) is 33.9 Å². The van der Waals surface area contributed by atoms with Crippen molar-refractivity contribution in [2.75, 3.05) is 28.4 Å². The lowest BCUT2D eigenvalue weighted by Crippen LogP contribution is -1.98. The summed E-state index contributed by atoms with van der Waals surface area (Å²) in [4.78, 5) is 15.2. The lowest BCUT2D eigenvalue weighted by atomic mass is 10.1. The Morgan fingerprint density at radius 1 is 0.857 bits per heavy atom. The average molecular weight is 386 g/mol. The summed E-state index contributed by atoms with van der Waals surface area (Å²) < 4.78 is 26.8. The Morgan fingerprint density at radius 2 is 1.50 bits per heavy atom. The van der Waals surface area contributed by atoms with Crippen molar-refractivity contribution in [2.45, 2.75) is 0 Å². The molecule has 0 aliphatic rings. The Bertz CT molecular complexity index is 1010. The van der Waals surface area contributed by atoms with E-state index in [1.807, 2.05) is 0 Å². The molecule has 0 atom stereocenters. The fourth-order valence-corrected chi connectivity index (χ4v) is 2.80. The van der Waals surface area contributed by atoms with E-state index in [4.69, 9.17) is 23.7 Å². The second-order valence-corrected chi connectivity index (χ2v) is 5.55. The smallest absolute Gasteiger partial charge is 0.320 e. The number of nitro groups is 1. The highest BCUT2D eigenvalue weighted by molar-refractivity contribution is 5.91. The maximum absolute atomic E-state index is 11.4. The first-order valence-corrected chi connectivity index (χ1v) is 8.12. The van der Waals surface area contributed by atoms with Gasteiger partial charge in [-0.05, 0) is 18.2 Å². The number of methoxy groups -OCH3 is 4. The molecular formula is C19H18N2O7. The minimum Gasteiger partial charge on any atom is -0.493 e. The molecular weight excluding hydrogens is 368 g/mol. The molecule has 0 saturated heterocycles. The second kappa shape index (κ2) is 7.87. The molecule has 0 amide bonds. The molecule has 146 valence electrons. The van der Waals surface area contributed by atoms with Crippen LogP contribution in [0, 0.1) is 10.1 Å². The van der Waals surface area contributed by atoms with Crippen LogP contribution in [0.1, 0.15) is 0 Å². The maximum atomic E-state index is 11.4. The van der Waals surface area contributed by atoms with Gasteiger partial charge in [0.1, 0.15) is 5.75 Å². The van der Waals surface area contributed by atoms with Gasteiger partial charge in [0.05, 0.1) is 44.3 Å². The highest BCUT2D eigenvalue weighted by atomic mass is 16.6. The van der Waals surface area contributed by atoms with Crippen LogP contribution < -0.4 is 23.7 Å². The van der Waals surface area contributed by atoms with E-state index in [1.165, 1.54) is 40.6 Å². The fraction of sp³-hybridized carbons (Fsp3) is 0.211. The summed E-state index contributed by atoms with van der Waals surface area (Å²) in [6.07, 6.45) is 0. The fourth-order valence-electron chi connectivity index (χ4n) is 2.80. The maximum Gasteiger partial charge on any atom is 0.320 e. The minimum atomic E-state index is -0.497. The van der Waals surface area contributed by atoms with Crippen molar-refractivity contribution in [3.63, 3.8) is 0 Å². The van der Waals surface area contributed by atoms with E-state index >= 15 is 0 Å². The Kier molecular flexibility index (Phi) is 5.35. The predicted octanol–water partition coefficient (Wildman–Crippen LogP) is 3.97. The van der Waals surface area contributed by atoms with E-state index in [9.17, 15) is 10.1 Å². The SMILES string of the molecule is COc1cc(Oc2ccc3c([N+](=O)[O-])c(OC)ccc3n2)cc(OC)c1OC. The molecule has 0 bridgehead atoms. The van der Waals surface area contributed by atoms with Crippen molar-refractivity contribution < 1.29 is 28.6 Å². The van der Waals surface area contributed by atoms with Crippen molar-refractivity contribution in [3.8, 4) is 34.6 Å². The molecule has 0 radical (unpaired) electrons. The monoisotopic (exact) mass is 386 g/mol. The molecule has 0 aliphatic heterocycles. The summed E-state index contributed by atoms with van der Waals surface area (Å²) in [6.45, 7) is 0. The molecule has 0 saturated carbocycles. The summed E-state index contributed by atoms with van der Waals surface area (Å²) in [5, 5.41) is 11.7. The molecule has 3 aromatic rings. The van der Waals surface area contributed by atoms with Gasteiger partial charge in [0.25, 0.3) is 0 Å². The number of benzene rings is 2. The Morgan fingerprint density at radius 3 is 2.04 bits per heavy atom. The first kappa shape index (κ1) is 19.0. The Hall–Kier alpha value is -3.75. The zero-order valence-electron chi connectivity index (χ0n) is 15.7. The number of nitro benzene ring substituents is 1. The molecule has 0 N–H and O–H groups in total. The number of hydrogen-bond acceptors (Lipinski definition) is 8. The van der Waals surface area contributed by atoms with E-state index in [0.717, 1.165) is 0 Å². The van der Waals surface area contributed by atoms with Crippen LogP contribution in [0.25, 0.3) is 10.9 Å². The molecule has 0 spiro atoms. The van der Waals surface area contributed by atoms with Crippen molar-refractivity contribution in [2.24, 2.45) is 0 Å². The van der Waals surface area contributed by atoms with Gasteiger partial charge in [0, 0.05) is 18.2 Å². The Balaban J connectivity index is 2.03. The molecule has 2 aromatic carbocycles. The number of fused-ring (bicyclic) bond motifs is 1. The topological polar surface area (TPSA) is 102 Å². The van der Waals surface area contributed by atoms with Crippen LogP contribution in [0.4, 0.5) is 5.69 Å². The highest BCUT2D eigenvalue weighted by Crippen LogP contribution is 2.42. The molecule has 0 aliphatic carbocycles. The molecule has 3 rings (SSSR count). The molecule has 28 heavy (non-hydrogen) atoms. The van der Waals surface area contributed by atoms with Gasteiger partial charge in [-0.25, -0.2) is 4.98 Å². The second-order valence-electron chi connectivity index (χ2n) is 5.55. The first-order valence-electron chi connectivity index (χ1n) is 8.12. The van der Waals surface area contributed by atoms with Gasteiger partial charge in [-0.3, -0.25) is 10.1 Å². The van der Waals surface area contributed by atoms with Crippen molar-refractivity contribution in [1.29, 1.82) is 0 Å². The zero-order valence-corrected chi connectivity index (χ0v) is 15.7. The number of nitrogens with zero attached hydrogens (tertiary/aromatic N) is 2. The summed E-state index contributed by atoms with van der Waals surface area (Å²) in [7, 11) is 5.89. The standard InChI is InChI=1S/C19H18N2O7/c1-24-14-7-6-13-12(18(14)21(22)23)5-8-17(20-13)28-11-9-15(25-2)19(27-4)16(10-11)26-3/h5-10H,1-4H3. The van der Waals surface area contributed by atoms with E-state index < -0.39 is 4.92 Å². The molecule has 0 fully saturated rings. The lowest BCUT2D eigenvalue weighted by Gasteiger charge is -2.14. The van der Waals surface area contributed by atoms with Crippen LogP contribution >= 0.6 is 0 Å². The van der Waals surface area contributed by atoms with Gasteiger partial charge in [-0.2, -0.15) is 0 Å². The quantitative estimate of drug-likeness (QED) is 0.444. The Labute approximate surface area is 160 Å². The van der Waals surface area contributed by atoms with Crippen molar-refractivity contribution >= 4 is 16.6 Å². The molecule has 9 nitrogen and oxygen atoms in total. The van der Waals surface area contributed by atoms with Gasteiger partial charge in [-0.1, -0.05) is 0 Å². The molecule has 1 heterocycles. The van der Waals surface area contributed by atoms with E-state index in [1.54, 1.807) is 24.3 Å². The summed E-state index contributed by atoms with van der Waals surface area (Å²) >= 11 is 0. The third kappa shape index (κ3) is 3.41. The highest BCUT2D eigenvalue weighted by Gasteiger charge is 2.21. The summed E-state index contributed by atoms with van der Waals surface area (Å²) in [5.41, 5.74) is 0.254. The van der Waals surface area contributed by atoms with E-state index in [-0.39, 0.29) is 17.3 Å². The van der Waals surface area contributed by atoms with Crippen LogP contribution in [0.2, 0.25) is 0 Å². The van der Waals surface area contributed by atoms with E-state index in [2.05, 4.69) is 4.98 Å². The van der Waals surface area contributed by atoms with Crippen molar-refractivity contribution in [3.05, 3.63) is 46.5 Å².